The van der Waals surface area contributed by atoms with Crippen molar-refractivity contribution >= 4 is 11.9 Å². The first kappa shape index (κ1) is 11.9. The van der Waals surface area contributed by atoms with Crippen molar-refractivity contribution in [2.75, 3.05) is 6.61 Å². The van der Waals surface area contributed by atoms with Gasteiger partial charge >= 0.3 is 5.97 Å². The molecule has 2 atom stereocenters. The van der Waals surface area contributed by atoms with Crippen LogP contribution in [0, 0.1) is 0 Å². The average Bonchev–Trinajstić information content (AvgIpc) is 2.11. The Bertz CT molecular complexity index is 195. The summed E-state index contributed by atoms with van der Waals surface area (Å²) in [5, 5.41) is 19.1. The zero-order chi connectivity index (χ0) is 10.4. The summed E-state index contributed by atoms with van der Waals surface area (Å²) in [6, 6.07) is -2.00. The van der Waals surface area contributed by atoms with Crippen LogP contribution in [-0.2, 0) is 9.59 Å². The predicted octanol–water partition coefficient (Wildman–Crippen LogP) is -1.71. The fourth-order valence-electron chi connectivity index (χ4n) is 0.650. The molecule has 0 aromatic heterocycles. The SMILES string of the molecule is CCC(N)C(=O)N[C@H](CO)C(=O)O. The van der Waals surface area contributed by atoms with Gasteiger partial charge in [-0.25, -0.2) is 4.79 Å². The Morgan fingerprint density at radius 2 is 2.08 bits per heavy atom. The van der Waals surface area contributed by atoms with Gasteiger partial charge in [0.2, 0.25) is 5.91 Å². The third-order valence-electron chi connectivity index (χ3n) is 1.57. The molecule has 0 radical (unpaired) electrons. The van der Waals surface area contributed by atoms with Gasteiger partial charge in [-0.15, -0.1) is 0 Å². The first-order chi connectivity index (χ1) is 6.02. The number of hydrogen-bond acceptors (Lipinski definition) is 4. The molecule has 0 aromatic carbocycles. The second-order valence-electron chi connectivity index (χ2n) is 2.60. The van der Waals surface area contributed by atoms with Crippen LogP contribution in [0.15, 0.2) is 0 Å². The van der Waals surface area contributed by atoms with Gasteiger partial charge in [0.05, 0.1) is 12.6 Å². The number of hydrogen-bond donors (Lipinski definition) is 4. The van der Waals surface area contributed by atoms with E-state index in [0.717, 1.165) is 0 Å². The number of aliphatic hydroxyl groups is 1. The molecule has 0 aliphatic carbocycles. The van der Waals surface area contributed by atoms with Crippen LogP contribution in [0.5, 0.6) is 0 Å². The van der Waals surface area contributed by atoms with Crippen molar-refractivity contribution in [2.24, 2.45) is 5.73 Å². The molecule has 1 unspecified atom stereocenters. The number of carbonyl (C=O) groups excluding carboxylic acids is 1. The van der Waals surface area contributed by atoms with Crippen LogP contribution in [0.2, 0.25) is 0 Å². The van der Waals surface area contributed by atoms with Crippen molar-refractivity contribution in [3.63, 3.8) is 0 Å². The highest BCUT2D eigenvalue weighted by atomic mass is 16.4. The van der Waals surface area contributed by atoms with Gasteiger partial charge in [-0.1, -0.05) is 6.92 Å². The fourth-order valence-corrected chi connectivity index (χ4v) is 0.650. The van der Waals surface area contributed by atoms with Gasteiger partial charge in [0.15, 0.2) is 0 Å². The van der Waals surface area contributed by atoms with E-state index in [1.807, 2.05) is 0 Å². The molecule has 0 rings (SSSR count). The van der Waals surface area contributed by atoms with Crippen molar-refractivity contribution in [1.82, 2.24) is 5.32 Å². The summed E-state index contributed by atoms with van der Waals surface area (Å²) in [5.41, 5.74) is 5.33. The van der Waals surface area contributed by atoms with Crippen LogP contribution in [0.3, 0.4) is 0 Å². The van der Waals surface area contributed by atoms with E-state index in [2.05, 4.69) is 5.32 Å². The van der Waals surface area contributed by atoms with E-state index in [4.69, 9.17) is 15.9 Å². The third kappa shape index (κ3) is 3.86. The predicted molar refractivity (Wildman–Crippen MR) is 44.9 cm³/mol. The number of carbonyl (C=O) groups is 2. The van der Waals surface area contributed by atoms with E-state index in [1.54, 1.807) is 6.92 Å². The molecule has 0 fully saturated rings. The van der Waals surface area contributed by atoms with E-state index in [0.29, 0.717) is 6.42 Å². The number of amides is 1. The number of rotatable bonds is 5. The zero-order valence-corrected chi connectivity index (χ0v) is 7.36. The van der Waals surface area contributed by atoms with Crippen molar-refractivity contribution in [2.45, 2.75) is 25.4 Å². The van der Waals surface area contributed by atoms with E-state index >= 15 is 0 Å². The quantitative estimate of drug-likeness (QED) is 0.412. The van der Waals surface area contributed by atoms with Crippen molar-refractivity contribution < 1.29 is 19.8 Å². The van der Waals surface area contributed by atoms with E-state index < -0.39 is 30.6 Å². The first-order valence-corrected chi connectivity index (χ1v) is 3.92. The van der Waals surface area contributed by atoms with Crippen LogP contribution in [0.1, 0.15) is 13.3 Å². The van der Waals surface area contributed by atoms with Crippen molar-refractivity contribution in [1.29, 1.82) is 0 Å². The summed E-state index contributed by atoms with van der Waals surface area (Å²) < 4.78 is 0. The molecule has 0 saturated heterocycles. The lowest BCUT2D eigenvalue weighted by molar-refractivity contribution is -0.143. The highest BCUT2D eigenvalue weighted by Crippen LogP contribution is 1.89. The van der Waals surface area contributed by atoms with Crippen molar-refractivity contribution in [3.05, 3.63) is 0 Å². The number of carboxylic acid groups (broad SMARTS) is 1. The standard InChI is InChI=1S/C7H14N2O4/c1-2-4(8)6(11)9-5(3-10)7(12)13/h4-5,10H,2-3,8H2,1H3,(H,9,11)(H,12,13)/t4?,5-/m1/s1. The monoisotopic (exact) mass is 190 g/mol. The van der Waals surface area contributed by atoms with Gasteiger partial charge in [-0.2, -0.15) is 0 Å². The summed E-state index contributed by atoms with van der Waals surface area (Å²) in [6.07, 6.45) is 0.420. The molecular formula is C7H14N2O4. The van der Waals surface area contributed by atoms with E-state index in [1.165, 1.54) is 0 Å². The minimum atomic E-state index is -1.28. The summed E-state index contributed by atoms with van der Waals surface area (Å²) in [5.74, 6) is -1.84. The normalized spacial score (nSPS) is 14.7. The minimum Gasteiger partial charge on any atom is -0.480 e. The number of aliphatic carboxylic acids is 1. The van der Waals surface area contributed by atoms with E-state index in [9.17, 15) is 9.59 Å². The van der Waals surface area contributed by atoms with Crippen molar-refractivity contribution in [3.8, 4) is 0 Å². The summed E-state index contributed by atoms with van der Waals surface area (Å²) in [4.78, 5) is 21.4. The molecule has 0 aromatic rings. The maximum atomic E-state index is 11.0. The third-order valence-corrected chi connectivity index (χ3v) is 1.57. The minimum absolute atomic E-state index is 0.420. The number of nitrogens with two attached hydrogens (primary N) is 1. The molecule has 0 aliphatic heterocycles. The molecule has 0 spiro atoms. The summed E-state index contributed by atoms with van der Waals surface area (Å²) in [6.45, 7) is 1.07. The molecule has 6 nitrogen and oxygen atoms in total. The Balaban J connectivity index is 4.09. The second kappa shape index (κ2) is 5.50. The molecule has 6 heteroatoms. The first-order valence-electron chi connectivity index (χ1n) is 3.92. The molecule has 0 bridgehead atoms. The Hall–Kier alpha value is -1.14. The van der Waals surface area contributed by atoms with Crippen LogP contribution < -0.4 is 11.1 Å². The molecule has 0 saturated carbocycles. The largest absolute Gasteiger partial charge is 0.480 e. The molecule has 0 aliphatic rings. The Labute approximate surface area is 75.7 Å². The van der Waals surface area contributed by atoms with Gasteiger partial charge in [0.25, 0.3) is 0 Å². The number of aliphatic hydroxyl groups excluding tert-OH is 1. The highest BCUT2D eigenvalue weighted by Gasteiger charge is 2.21. The van der Waals surface area contributed by atoms with Crippen LogP contribution in [0.4, 0.5) is 0 Å². The van der Waals surface area contributed by atoms with Gasteiger partial charge in [0, 0.05) is 0 Å². The number of carboxylic acids is 1. The Morgan fingerprint density at radius 1 is 1.54 bits per heavy atom. The lowest BCUT2D eigenvalue weighted by atomic mass is 10.2. The van der Waals surface area contributed by atoms with Gasteiger partial charge in [-0.3, -0.25) is 4.79 Å². The Kier molecular flexibility index (Phi) is 5.01. The lowest BCUT2D eigenvalue weighted by Crippen LogP contribution is -2.49. The summed E-state index contributed by atoms with van der Waals surface area (Å²) in [7, 11) is 0. The number of nitrogens with one attached hydrogen (secondary N) is 1. The second-order valence-corrected chi connectivity index (χ2v) is 2.60. The zero-order valence-electron chi connectivity index (χ0n) is 7.36. The summed E-state index contributed by atoms with van der Waals surface area (Å²) >= 11 is 0. The maximum Gasteiger partial charge on any atom is 0.328 e. The van der Waals surface area contributed by atoms with Crippen LogP contribution in [0.25, 0.3) is 0 Å². The lowest BCUT2D eigenvalue weighted by Gasteiger charge is -2.14. The molecule has 1 amide bonds. The molecule has 0 heterocycles. The molecule has 5 N–H and O–H groups in total. The van der Waals surface area contributed by atoms with Gasteiger partial charge in [0.1, 0.15) is 6.04 Å². The van der Waals surface area contributed by atoms with Gasteiger partial charge in [-0.05, 0) is 6.42 Å². The average molecular weight is 190 g/mol. The topological polar surface area (TPSA) is 113 Å². The van der Waals surface area contributed by atoms with Crippen LogP contribution >= 0.6 is 0 Å². The van der Waals surface area contributed by atoms with Crippen LogP contribution in [-0.4, -0.2) is 40.8 Å². The Morgan fingerprint density at radius 3 is 2.38 bits per heavy atom. The smallest absolute Gasteiger partial charge is 0.328 e. The fraction of sp³-hybridized carbons (Fsp3) is 0.714. The van der Waals surface area contributed by atoms with E-state index in [-0.39, 0.29) is 0 Å². The molecule has 76 valence electrons. The van der Waals surface area contributed by atoms with Gasteiger partial charge < -0.3 is 21.3 Å². The molecular weight excluding hydrogens is 176 g/mol. The maximum absolute atomic E-state index is 11.0. The molecule has 13 heavy (non-hydrogen) atoms. The highest BCUT2D eigenvalue weighted by molar-refractivity contribution is 5.86.